The molecule has 0 aromatic carbocycles. The van der Waals surface area contributed by atoms with Crippen LogP contribution in [0.25, 0.3) is 0 Å². The van der Waals surface area contributed by atoms with Gasteiger partial charge in [0.2, 0.25) is 0 Å². The number of nitrogens with two attached hydrogens (primary N) is 1. The van der Waals surface area contributed by atoms with Gasteiger partial charge < -0.3 is 15.4 Å². The van der Waals surface area contributed by atoms with Crippen LogP contribution in [0.2, 0.25) is 0 Å². The molecule has 0 bridgehead atoms. The number of piperidine rings is 1. The fourth-order valence-corrected chi connectivity index (χ4v) is 3.46. The number of likely N-dealkylation sites (tertiary alicyclic amines) is 1. The van der Waals surface area contributed by atoms with Crippen LogP contribution in [0.15, 0.2) is 0 Å². The second kappa shape index (κ2) is 5.22. The summed E-state index contributed by atoms with van der Waals surface area (Å²) in [5.41, 5.74) is 6.12. The van der Waals surface area contributed by atoms with E-state index in [4.69, 9.17) is 10.5 Å². The first-order chi connectivity index (χ1) is 8.10. The molecular formula is C13H27N3O. The van der Waals surface area contributed by atoms with Crippen molar-refractivity contribution in [2.75, 3.05) is 40.3 Å². The molecule has 17 heavy (non-hydrogen) atoms. The number of likely N-dealkylation sites (N-methyl/N-ethyl adjacent to an activating group) is 2. The zero-order valence-corrected chi connectivity index (χ0v) is 11.5. The molecule has 0 amide bonds. The summed E-state index contributed by atoms with van der Waals surface area (Å²) in [6.07, 6.45) is 3.91. The van der Waals surface area contributed by atoms with Crippen LogP contribution < -0.4 is 5.73 Å². The Morgan fingerprint density at radius 3 is 2.82 bits per heavy atom. The van der Waals surface area contributed by atoms with Crippen molar-refractivity contribution in [3.8, 4) is 0 Å². The lowest BCUT2D eigenvalue weighted by atomic mass is 9.87. The van der Waals surface area contributed by atoms with Crippen molar-refractivity contribution >= 4 is 0 Å². The van der Waals surface area contributed by atoms with Gasteiger partial charge >= 0.3 is 0 Å². The molecule has 2 aliphatic heterocycles. The van der Waals surface area contributed by atoms with Gasteiger partial charge in [-0.3, -0.25) is 4.90 Å². The van der Waals surface area contributed by atoms with Crippen LogP contribution in [-0.4, -0.2) is 67.8 Å². The molecule has 2 saturated heterocycles. The first-order valence-corrected chi connectivity index (χ1v) is 6.83. The number of ether oxygens (including phenoxy) is 1. The molecule has 0 aromatic rings. The third kappa shape index (κ3) is 2.36. The summed E-state index contributed by atoms with van der Waals surface area (Å²) < 4.78 is 5.76. The van der Waals surface area contributed by atoms with Gasteiger partial charge in [-0.15, -0.1) is 0 Å². The fraction of sp³-hybridized carbons (Fsp3) is 1.00. The largest absolute Gasteiger partial charge is 0.376 e. The molecule has 0 saturated carbocycles. The summed E-state index contributed by atoms with van der Waals surface area (Å²) in [7, 11) is 4.45. The van der Waals surface area contributed by atoms with Crippen molar-refractivity contribution in [2.24, 2.45) is 5.73 Å². The van der Waals surface area contributed by atoms with Crippen molar-refractivity contribution in [1.82, 2.24) is 9.80 Å². The van der Waals surface area contributed by atoms with Crippen molar-refractivity contribution in [3.63, 3.8) is 0 Å². The first-order valence-electron chi connectivity index (χ1n) is 6.83. The lowest BCUT2D eigenvalue weighted by molar-refractivity contribution is -0.0106. The molecule has 2 N–H and O–H groups in total. The van der Waals surface area contributed by atoms with Gasteiger partial charge in [0, 0.05) is 25.7 Å². The predicted octanol–water partition coefficient (Wildman–Crippen LogP) is 0.519. The maximum atomic E-state index is 6.07. The smallest absolute Gasteiger partial charge is 0.0743 e. The third-order valence-corrected chi connectivity index (χ3v) is 4.86. The predicted molar refractivity (Wildman–Crippen MR) is 70.1 cm³/mol. The number of nitrogens with zero attached hydrogens (tertiary/aromatic N) is 2. The molecule has 2 heterocycles. The summed E-state index contributed by atoms with van der Waals surface area (Å²) in [5, 5.41) is 0. The van der Waals surface area contributed by atoms with E-state index in [-0.39, 0.29) is 11.6 Å². The molecule has 100 valence electrons. The molecule has 3 unspecified atom stereocenters. The van der Waals surface area contributed by atoms with Crippen LogP contribution in [-0.2, 0) is 4.74 Å². The first kappa shape index (κ1) is 13.3. The highest BCUT2D eigenvalue weighted by Gasteiger charge is 2.46. The minimum Gasteiger partial charge on any atom is -0.376 e. The lowest BCUT2D eigenvalue weighted by Crippen LogP contribution is -2.62. The van der Waals surface area contributed by atoms with Gasteiger partial charge in [0.15, 0.2) is 0 Å². The van der Waals surface area contributed by atoms with E-state index in [2.05, 4.69) is 30.8 Å². The summed E-state index contributed by atoms with van der Waals surface area (Å²) in [4.78, 5) is 4.94. The summed E-state index contributed by atoms with van der Waals surface area (Å²) in [6, 6.07) is 0.626. The Balaban J connectivity index is 2.08. The second-order valence-electron chi connectivity index (χ2n) is 5.74. The van der Waals surface area contributed by atoms with Gasteiger partial charge in [0.05, 0.1) is 11.6 Å². The second-order valence-corrected chi connectivity index (χ2v) is 5.74. The normalized spacial score (nSPS) is 40.1. The van der Waals surface area contributed by atoms with E-state index in [9.17, 15) is 0 Å². The maximum absolute atomic E-state index is 6.07. The van der Waals surface area contributed by atoms with Gasteiger partial charge in [-0.25, -0.2) is 0 Å². The van der Waals surface area contributed by atoms with Crippen LogP contribution in [0.4, 0.5) is 0 Å². The standard InChI is InChI=1S/C13H27N3O/c1-11-13(10-14,6-8-17-11)16(3)12-5-4-7-15(2)9-12/h11-12H,4-10,14H2,1-3H3. The van der Waals surface area contributed by atoms with Crippen molar-refractivity contribution < 1.29 is 4.74 Å². The number of hydrogen-bond donors (Lipinski definition) is 1. The minimum atomic E-state index is 0.0584. The molecule has 2 aliphatic rings. The molecule has 2 fully saturated rings. The Morgan fingerprint density at radius 2 is 2.29 bits per heavy atom. The molecule has 2 rings (SSSR count). The fourth-order valence-electron chi connectivity index (χ4n) is 3.46. The van der Waals surface area contributed by atoms with Gasteiger partial charge in [0.25, 0.3) is 0 Å². The monoisotopic (exact) mass is 241 g/mol. The van der Waals surface area contributed by atoms with E-state index in [1.807, 2.05) is 0 Å². The van der Waals surface area contributed by atoms with Crippen molar-refractivity contribution in [1.29, 1.82) is 0 Å². The number of rotatable bonds is 3. The van der Waals surface area contributed by atoms with E-state index in [0.29, 0.717) is 12.6 Å². The molecule has 0 aromatic heterocycles. The highest BCUT2D eigenvalue weighted by Crippen LogP contribution is 2.33. The highest BCUT2D eigenvalue weighted by atomic mass is 16.5. The quantitative estimate of drug-likeness (QED) is 0.782. The van der Waals surface area contributed by atoms with E-state index >= 15 is 0 Å². The Bertz CT molecular complexity index is 261. The van der Waals surface area contributed by atoms with Crippen LogP contribution in [0.1, 0.15) is 26.2 Å². The van der Waals surface area contributed by atoms with Gasteiger partial charge in [-0.1, -0.05) is 0 Å². The molecule has 0 radical (unpaired) electrons. The van der Waals surface area contributed by atoms with Gasteiger partial charge in [0.1, 0.15) is 0 Å². The van der Waals surface area contributed by atoms with Crippen LogP contribution >= 0.6 is 0 Å². The van der Waals surface area contributed by atoms with E-state index < -0.39 is 0 Å². The zero-order valence-electron chi connectivity index (χ0n) is 11.5. The summed E-state index contributed by atoms with van der Waals surface area (Å²) in [5.74, 6) is 0. The van der Waals surface area contributed by atoms with Gasteiger partial charge in [-0.2, -0.15) is 0 Å². The summed E-state index contributed by atoms with van der Waals surface area (Å²) in [6.45, 7) is 6.11. The molecule has 4 heteroatoms. The molecule has 3 atom stereocenters. The average molecular weight is 241 g/mol. The SMILES string of the molecule is CC1OCCC1(CN)N(C)C1CCCN(C)C1. The van der Waals surface area contributed by atoms with Crippen molar-refractivity contribution in [2.45, 2.75) is 43.9 Å². The zero-order chi connectivity index (χ0) is 12.5. The highest BCUT2D eigenvalue weighted by molar-refractivity contribution is 5.02. The Hall–Kier alpha value is -0.160. The van der Waals surface area contributed by atoms with Crippen LogP contribution in [0.3, 0.4) is 0 Å². The Kier molecular flexibility index (Phi) is 4.08. The summed E-state index contributed by atoms with van der Waals surface area (Å²) >= 11 is 0. The Morgan fingerprint density at radius 1 is 1.53 bits per heavy atom. The molecule has 0 aliphatic carbocycles. The molecule has 4 nitrogen and oxygen atoms in total. The van der Waals surface area contributed by atoms with Crippen LogP contribution in [0.5, 0.6) is 0 Å². The number of hydrogen-bond acceptors (Lipinski definition) is 4. The van der Waals surface area contributed by atoms with E-state index in [1.54, 1.807) is 0 Å². The molecular weight excluding hydrogens is 214 g/mol. The average Bonchev–Trinajstić information content (AvgIpc) is 2.70. The van der Waals surface area contributed by atoms with Crippen LogP contribution in [0, 0.1) is 0 Å². The van der Waals surface area contributed by atoms with E-state index in [1.165, 1.54) is 19.4 Å². The molecule has 0 spiro atoms. The van der Waals surface area contributed by atoms with Crippen molar-refractivity contribution in [3.05, 3.63) is 0 Å². The lowest BCUT2D eigenvalue weighted by Gasteiger charge is -2.47. The maximum Gasteiger partial charge on any atom is 0.0743 e. The third-order valence-electron chi connectivity index (χ3n) is 4.86. The van der Waals surface area contributed by atoms with Gasteiger partial charge in [-0.05, 0) is 46.8 Å². The Labute approximate surface area is 105 Å². The minimum absolute atomic E-state index is 0.0584. The topological polar surface area (TPSA) is 41.7 Å². The van der Waals surface area contributed by atoms with E-state index in [0.717, 1.165) is 19.6 Å².